The minimum Gasteiger partial charge on any atom is -0.480 e. The lowest BCUT2D eigenvalue weighted by Gasteiger charge is -2.36. The van der Waals surface area contributed by atoms with E-state index in [9.17, 15) is 9.90 Å². The maximum Gasteiger partial charge on any atom is 0.321 e. The molecule has 2 aliphatic carbocycles. The maximum atomic E-state index is 12.7. The molecular weight excluding hydrogens is 544 g/mol. The number of carboxylic acids is 1. The van der Waals surface area contributed by atoms with E-state index in [0.29, 0.717) is 17.8 Å². The molecule has 6 nitrogen and oxygen atoms in total. The van der Waals surface area contributed by atoms with Gasteiger partial charge in [-0.3, -0.25) is 14.4 Å². The molecule has 44 heavy (non-hydrogen) atoms. The van der Waals surface area contributed by atoms with Crippen molar-refractivity contribution in [3.8, 4) is 0 Å². The topological polar surface area (TPSA) is 61.6 Å². The molecule has 1 N–H and O–H groups in total. The van der Waals surface area contributed by atoms with Crippen LogP contribution in [-0.4, -0.2) is 69.4 Å². The molecule has 2 saturated heterocycles. The van der Waals surface area contributed by atoms with E-state index in [4.69, 9.17) is 5.10 Å². The second-order valence-electron chi connectivity index (χ2n) is 14.2. The first-order valence-electron chi connectivity index (χ1n) is 17.4. The number of hydrogen-bond donors (Lipinski definition) is 1. The van der Waals surface area contributed by atoms with Gasteiger partial charge in [-0.1, -0.05) is 79.9 Å². The minimum atomic E-state index is -0.613. The molecule has 3 aromatic rings. The normalized spacial score (nSPS) is 25.7. The summed E-state index contributed by atoms with van der Waals surface area (Å²) in [5.74, 6) is 1.04. The van der Waals surface area contributed by atoms with Crippen LogP contribution in [0.5, 0.6) is 0 Å². The van der Waals surface area contributed by atoms with Gasteiger partial charge in [0.1, 0.15) is 6.04 Å². The van der Waals surface area contributed by atoms with Crippen LogP contribution in [0.4, 0.5) is 0 Å². The van der Waals surface area contributed by atoms with E-state index in [1.54, 1.807) is 0 Å². The number of nitrogens with zero attached hydrogens (tertiary/aromatic N) is 4. The molecule has 1 aromatic heterocycles. The zero-order valence-corrected chi connectivity index (χ0v) is 26.5. The van der Waals surface area contributed by atoms with Crippen molar-refractivity contribution < 1.29 is 9.90 Å². The summed E-state index contributed by atoms with van der Waals surface area (Å²) >= 11 is 0. The summed E-state index contributed by atoms with van der Waals surface area (Å²) < 4.78 is 2.29. The summed E-state index contributed by atoms with van der Waals surface area (Å²) in [6, 6.07) is 21.7. The third-order valence-corrected chi connectivity index (χ3v) is 11.7. The average molecular weight is 595 g/mol. The monoisotopic (exact) mass is 594 g/mol. The number of aromatic nitrogens is 2. The molecule has 2 saturated carbocycles. The number of aryl methyl sites for hydroxylation is 1. The Balaban J connectivity index is 1.06. The number of rotatable bonds is 10. The summed E-state index contributed by atoms with van der Waals surface area (Å²) in [4.78, 5) is 17.7. The van der Waals surface area contributed by atoms with Gasteiger partial charge in [-0.25, -0.2) is 0 Å². The first kappa shape index (κ1) is 29.7. The lowest BCUT2D eigenvalue weighted by Crippen LogP contribution is -2.46. The summed E-state index contributed by atoms with van der Waals surface area (Å²) in [7, 11) is 0. The first-order chi connectivity index (χ1) is 21.6. The van der Waals surface area contributed by atoms with Crippen LogP contribution in [0.1, 0.15) is 98.9 Å². The van der Waals surface area contributed by atoms with Crippen molar-refractivity contribution >= 4 is 5.97 Å². The molecule has 4 fully saturated rings. The molecule has 3 atom stereocenters. The highest BCUT2D eigenvalue weighted by atomic mass is 16.4. The molecular formula is C38H50N4O2. The third kappa shape index (κ3) is 5.76. The van der Waals surface area contributed by atoms with Gasteiger partial charge in [-0.2, -0.15) is 5.10 Å². The van der Waals surface area contributed by atoms with Gasteiger partial charge in [0.25, 0.3) is 0 Å². The largest absolute Gasteiger partial charge is 0.480 e. The van der Waals surface area contributed by atoms with E-state index < -0.39 is 5.97 Å². The number of benzene rings is 2. The Morgan fingerprint density at radius 2 is 1.61 bits per heavy atom. The average Bonchev–Trinajstić information content (AvgIpc) is 3.60. The van der Waals surface area contributed by atoms with Gasteiger partial charge in [0.05, 0.1) is 6.20 Å². The number of likely N-dealkylation sites (tertiary alicyclic amines) is 2. The fourth-order valence-corrected chi connectivity index (χ4v) is 9.26. The summed E-state index contributed by atoms with van der Waals surface area (Å²) in [6.07, 6.45) is 12.7. The summed E-state index contributed by atoms with van der Waals surface area (Å²) in [5, 5.41) is 15.3. The van der Waals surface area contributed by atoms with Crippen LogP contribution < -0.4 is 0 Å². The zero-order valence-electron chi connectivity index (χ0n) is 26.5. The fourth-order valence-electron chi connectivity index (χ4n) is 9.26. The highest BCUT2D eigenvalue weighted by Crippen LogP contribution is 2.55. The van der Waals surface area contributed by atoms with Crippen LogP contribution in [0.15, 0.2) is 66.9 Å². The maximum absolute atomic E-state index is 12.7. The predicted molar refractivity (Wildman–Crippen MR) is 175 cm³/mol. The van der Waals surface area contributed by atoms with Gasteiger partial charge >= 0.3 is 5.97 Å². The minimum absolute atomic E-state index is 0.149. The smallest absolute Gasteiger partial charge is 0.321 e. The van der Waals surface area contributed by atoms with E-state index in [1.165, 1.54) is 54.5 Å². The number of hydrogen-bond acceptors (Lipinski definition) is 4. The molecule has 0 bridgehead atoms. The molecule has 0 amide bonds. The standard InChI is InChI=1S/C38H50N4O2/c1-2-42-35(34(24-39-42)38(20-21-38)32-16-10-5-11-17-32)30-18-22-40(23-19-30)25-31-26-41(27-33(31)28-12-6-3-7-13-28)36(37(43)44)29-14-8-4-9-15-29/h3,5-7,10-13,16-17,24,29-31,33,36H,2,4,8-9,14-15,18-23,25-27H2,1H3,(H,43,44)/t31-,33+,36+/m0/s1. The number of carboxylic acid groups (broad SMARTS) is 1. The van der Waals surface area contributed by atoms with Crippen molar-refractivity contribution in [1.29, 1.82) is 0 Å². The molecule has 2 aliphatic heterocycles. The summed E-state index contributed by atoms with van der Waals surface area (Å²) in [6.45, 7) is 8.14. The van der Waals surface area contributed by atoms with E-state index in [0.717, 1.165) is 65.0 Å². The lowest BCUT2D eigenvalue weighted by atomic mass is 9.82. The fraction of sp³-hybridized carbons (Fsp3) is 0.579. The lowest BCUT2D eigenvalue weighted by molar-refractivity contribution is -0.145. The molecule has 0 spiro atoms. The van der Waals surface area contributed by atoms with Crippen molar-refractivity contribution in [2.45, 2.75) is 94.5 Å². The Labute approximate surface area is 263 Å². The first-order valence-corrected chi connectivity index (χ1v) is 17.4. The molecule has 7 rings (SSSR count). The highest BCUT2D eigenvalue weighted by molar-refractivity contribution is 5.74. The SMILES string of the molecule is CCn1ncc(C2(c3ccccc3)CC2)c1C1CCN(C[C@H]2CN([C@@H](C(=O)O)C3CCCCC3)C[C@@H]2c2ccccc2)CC1. The molecule has 3 heterocycles. The van der Waals surface area contributed by atoms with Crippen molar-refractivity contribution in [2.24, 2.45) is 11.8 Å². The van der Waals surface area contributed by atoms with Crippen molar-refractivity contribution in [2.75, 3.05) is 32.7 Å². The van der Waals surface area contributed by atoms with Gasteiger partial charge in [-0.05, 0) is 81.5 Å². The van der Waals surface area contributed by atoms with Crippen LogP contribution in [-0.2, 0) is 16.8 Å². The molecule has 234 valence electrons. The van der Waals surface area contributed by atoms with E-state index in [1.807, 2.05) is 0 Å². The van der Waals surface area contributed by atoms with E-state index in [2.05, 4.69) is 88.3 Å². The van der Waals surface area contributed by atoms with Gasteiger partial charge in [-0.15, -0.1) is 0 Å². The molecule has 0 unspecified atom stereocenters. The quantitative estimate of drug-likeness (QED) is 0.276. The third-order valence-electron chi connectivity index (χ3n) is 11.7. The summed E-state index contributed by atoms with van der Waals surface area (Å²) in [5.41, 5.74) is 5.92. The van der Waals surface area contributed by atoms with Gasteiger partial charge < -0.3 is 10.0 Å². The van der Waals surface area contributed by atoms with Crippen LogP contribution in [0.25, 0.3) is 0 Å². The van der Waals surface area contributed by atoms with Gasteiger partial charge in [0, 0.05) is 54.7 Å². The van der Waals surface area contributed by atoms with Crippen molar-refractivity contribution in [3.63, 3.8) is 0 Å². The van der Waals surface area contributed by atoms with Gasteiger partial charge in [0.2, 0.25) is 0 Å². The Kier molecular flexibility index (Phi) is 8.65. The molecule has 4 aliphatic rings. The zero-order chi connectivity index (χ0) is 30.1. The molecule has 0 radical (unpaired) electrons. The van der Waals surface area contributed by atoms with Crippen molar-refractivity contribution in [1.82, 2.24) is 19.6 Å². The van der Waals surface area contributed by atoms with Crippen LogP contribution >= 0.6 is 0 Å². The van der Waals surface area contributed by atoms with Crippen molar-refractivity contribution in [3.05, 3.63) is 89.2 Å². The Bertz CT molecular complexity index is 1390. The highest BCUT2D eigenvalue weighted by Gasteiger charge is 2.49. The molecule has 6 heteroatoms. The number of aliphatic carboxylic acids is 1. The second kappa shape index (κ2) is 12.8. The van der Waals surface area contributed by atoms with E-state index in [-0.39, 0.29) is 17.4 Å². The van der Waals surface area contributed by atoms with Crippen LogP contribution in [0.3, 0.4) is 0 Å². The number of piperidine rings is 1. The van der Waals surface area contributed by atoms with E-state index >= 15 is 0 Å². The predicted octanol–water partition coefficient (Wildman–Crippen LogP) is 6.91. The van der Waals surface area contributed by atoms with Crippen LogP contribution in [0, 0.1) is 11.8 Å². The molecule has 2 aromatic carbocycles. The Morgan fingerprint density at radius 1 is 0.932 bits per heavy atom. The Morgan fingerprint density at radius 3 is 2.25 bits per heavy atom. The van der Waals surface area contributed by atoms with Crippen LogP contribution in [0.2, 0.25) is 0 Å². The second-order valence-corrected chi connectivity index (χ2v) is 14.2. The van der Waals surface area contributed by atoms with Gasteiger partial charge in [0.15, 0.2) is 0 Å². The number of carbonyl (C=O) groups is 1. The Hall–Kier alpha value is -2.96.